The molecule has 1 atom stereocenters. The molecule has 19 heavy (non-hydrogen) atoms. The summed E-state index contributed by atoms with van der Waals surface area (Å²) in [6.45, 7) is 4.44. The molecule has 4 heteroatoms. The van der Waals surface area contributed by atoms with Crippen LogP contribution in [0.3, 0.4) is 0 Å². The molecule has 2 rings (SSSR count). The van der Waals surface area contributed by atoms with Crippen LogP contribution in [0.25, 0.3) is 0 Å². The molecule has 0 saturated carbocycles. The van der Waals surface area contributed by atoms with E-state index < -0.39 is 0 Å². The van der Waals surface area contributed by atoms with Crippen molar-refractivity contribution in [2.24, 2.45) is 11.7 Å². The Bertz CT molecular complexity index is 405. The van der Waals surface area contributed by atoms with Gasteiger partial charge >= 0.3 is 0 Å². The third kappa shape index (κ3) is 3.91. The highest BCUT2D eigenvalue weighted by atomic mass is 19.1. The molecule has 3 N–H and O–H groups in total. The summed E-state index contributed by atoms with van der Waals surface area (Å²) in [5, 5.41) is 3.34. The first kappa shape index (κ1) is 14.3. The van der Waals surface area contributed by atoms with Gasteiger partial charge in [0, 0.05) is 6.04 Å². The lowest BCUT2D eigenvalue weighted by Gasteiger charge is -2.25. The number of ether oxygens (including phenoxy) is 1. The Balaban J connectivity index is 1.98. The molecule has 1 unspecified atom stereocenters. The van der Waals surface area contributed by atoms with Gasteiger partial charge in [0.1, 0.15) is 0 Å². The molecule has 1 saturated heterocycles. The standard InChI is InChI=1S/C15H23FN2O/c1-2-19-15-4-3-12(10-13(15)16)14(17)9-11-5-7-18-8-6-11/h3-4,10-11,14,18H,2,5-9,17H2,1H3. The van der Waals surface area contributed by atoms with Crippen molar-refractivity contribution in [1.29, 1.82) is 0 Å². The van der Waals surface area contributed by atoms with E-state index in [0.717, 1.165) is 37.9 Å². The molecule has 1 aliphatic rings. The molecular weight excluding hydrogens is 243 g/mol. The summed E-state index contributed by atoms with van der Waals surface area (Å²) < 4.78 is 19.0. The predicted molar refractivity (Wildman–Crippen MR) is 74.7 cm³/mol. The van der Waals surface area contributed by atoms with Gasteiger partial charge in [0.05, 0.1) is 6.61 Å². The minimum Gasteiger partial charge on any atom is -0.491 e. The Kier molecular flexibility index (Phi) is 5.16. The summed E-state index contributed by atoms with van der Waals surface area (Å²) in [6.07, 6.45) is 3.25. The molecule has 0 aromatic heterocycles. The number of rotatable bonds is 5. The second-order valence-electron chi connectivity index (χ2n) is 5.16. The van der Waals surface area contributed by atoms with E-state index in [1.807, 2.05) is 13.0 Å². The summed E-state index contributed by atoms with van der Waals surface area (Å²) in [5.74, 6) is 0.631. The van der Waals surface area contributed by atoms with Crippen LogP contribution in [0.2, 0.25) is 0 Å². The minimum atomic E-state index is -0.319. The van der Waals surface area contributed by atoms with Gasteiger partial charge in [0.2, 0.25) is 0 Å². The molecule has 1 fully saturated rings. The van der Waals surface area contributed by atoms with Crippen LogP contribution in [0.5, 0.6) is 5.75 Å². The largest absolute Gasteiger partial charge is 0.491 e. The van der Waals surface area contributed by atoms with Crippen LogP contribution in [0.4, 0.5) is 4.39 Å². The first-order valence-corrected chi connectivity index (χ1v) is 7.09. The van der Waals surface area contributed by atoms with E-state index in [4.69, 9.17) is 10.5 Å². The Hall–Kier alpha value is -1.13. The second-order valence-corrected chi connectivity index (χ2v) is 5.16. The highest BCUT2D eigenvalue weighted by Gasteiger charge is 2.18. The molecule has 1 aromatic rings. The molecule has 1 heterocycles. The van der Waals surface area contributed by atoms with Gasteiger partial charge in [-0.25, -0.2) is 4.39 Å². The van der Waals surface area contributed by atoms with E-state index in [-0.39, 0.29) is 11.9 Å². The maximum atomic E-state index is 13.8. The molecule has 0 radical (unpaired) electrons. The van der Waals surface area contributed by atoms with Gasteiger partial charge in [-0.05, 0) is 62.9 Å². The van der Waals surface area contributed by atoms with Gasteiger partial charge in [-0.2, -0.15) is 0 Å². The normalized spacial score (nSPS) is 18.3. The zero-order chi connectivity index (χ0) is 13.7. The molecule has 1 aromatic carbocycles. The topological polar surface area (TPSA) is 47.3 Å². The maximum absolute atomic E-state index is 13.8. The van der Waals surface area contributed by atoms with E-state index in [9.17, 15) is 4.39 Å². The summed E-state index contributed by atoms with van der Waals surface area (Å²) >= 11 is 0. The van der Waals surface area contributed by atoms with Crippen molar-refractivity contribution in [3.05, 3.63) is 29.6 Å². The van der Waals surface area contributed by atoms with Gasteiger partial charge in [0.25, 0.3) is 0 Å². The number of hydrogen-bond acceptors (Lipinski definition) is 3. The third-order valence-electron chi connectivity index (χ3n) is 3.73. The zero-order valence-electron chi connectivity index (χ0n) is 11.5. The molecule has 0 spiro atoms. The number of nitrogens with one attached hydrogen (secondary N) is 1. The van der Waals surface area contributed by atoms with Crippen LogP contribution < -0.4 is 15.8 Å². The fraction of sp³-hybridized carbons (Fsp3) is 0.600. The number of piperidine rings is 1. The number of halogens is 1. The molecule has 0 bridgehead atoms. The average Bonchev–Trinajstić information content (AvgIpc) is 2.42. The fourth-order valence-corrected chi connectivity index (χ4v) is 2.63. The average molecular weight is 266 g/mol. The van der Waals surface area contributed by atoms with Gasteiger partial charge in [-0.3, -0.25) is 0 Å². The molecule has 0 amide bonds. The fourth-order valence-electron chi connectivity index (χ4n) is 2.63. The van der Waals surface area contributed by atoms with Crippen LogP contribution in [-0.2, 0) is 0 Å². The number of benzene rings is 1. The van der Waals surface area contributed by atoms with E-state index in [1.54, 1.807) is 6.07 Å². The highest BCUT2D eigenvalue weighted by Crippen LogP contribution is 2.27. The van der Waals surface area contributed by atoms with Crippen LogP contribution >= 0.6 is 0 Å². The Morgan fingerprint density at radius 2 is 2.16 bits per heavy atom. The lowest BCUT2D eigenvalue weighted by molar-refractivity contribution is 0.319. The van der Waals surface area contributed by atoms with E-state index in [0.29, 0.717) is 18.3 Å². The van der Waals surface area contributed by atoms with Gasteiger partial charge in [-0.1, -0.05) is 6.07 Å². The van der Waals surface area contributed by atoms with Crippen LogP contribution in [0.1, 0.15) is 37.8 Å². The smallest absolute Gasteiger partial charge is 0.165 e. The predicted octanol–water partition coefficient (Wildman–Crippen LogP) is 2.61. The minimum absolute atomic E-state index is 0.0896. The summed E-state index contributed by atoms with van der Waals surface area (Å²) in [4.78, 5) is 0. The lowest BCUT2D eigenvalue weighted by Crippen LogP contribution is -2.29. The zero-order valence-corrected chi connectivity index (χ0v) is 11.5. The van der Waals surface area contributed by atoms with Gasteiger partial charge in [-0.15, -0.1) is 0 Å². The Morgan fingerprint density at radius 3 is 2.79 bits per heavy atom. The van der Waals surface area contributed by atoms with E-state index in [1.165, 1.54) is 6.07 Å². The lowest BCUT2D eigenvalue weighted by atomic mass is 9.89. The summed E-state index contributed by atoms with van der Waals surface area (Å²) in [7, 11) is 0. The Morgan fingerprint density at radius 1 is 1.42 bits per heavy atom. The molecule has 3 nitrogen and oxygen atoms in total. The van der Waals surface area contributed by atoms with Crippen LogP contribution in [-0.4, -0.2) is 19.7 Å². The monoisotopic (exact) mass is 266 g/mol. The summed E-state index contributed by atoms with van der Waals surface area (Å²) in [5.41, 5.74) is 7.05. The van der Waals surface area contributed by atoms with E-state index >= 15 is 0 Å². The first-order valence-electron chi connectivity index (χ1n) is 7.09. The molecule has 0 aliphatic carbocycles. The van der Waals surface area contributed by atoms with Crippen molar-refractivity contribution in [2.45, 2.75) is 32.2 Å². The SMILES string of the molecule is CCOc1ccc(C(N)CC2CCNCC2)cc1F. The van der Waals surface area contributed by atoms with Crippen molar-refractivity contribution in [3.8, 4) is 5.75 Å². The molecule has 1 aliphatic heterocycles. The Labute approximate surface area is 114 Å². The first-order chi connectivity index (χ1) is 9.20. The maximum Gasteiger partial charge on any atom is 0.165 e. The van der Waals surface area contributed by atoms with Crippen molar-refractivity contribution in [2.75, 3.05) is 19.7 Å². The summed E-state index contributed by atoms with van der Waals surface area (Å²) in [6, 6.07) is 4.97. The van der Waals surface area contributed by atoms with Crippen molar-refractivity contribution in [3.63, 3.8) is 0 Å². The van der Waals surface area contributed by atoms with Crippen LogP contribution in [0.15, 0.2) is 18.2 Å². The van der Waals surface area contributed by atoms with E-state index in [2.05, 4.69) is 5.32 Å². The molecule has 106 valence electrons. The molecular formula is C15H23FN2O. The number of hydrogen-bond donors (Lipinski definition) is 2. The van der Waals surface area contributed by atoms with Gasteiger partial charge < -0.3 is 15.8 Å². The highest BCUT2D eigenvalue weighted by molar-refractivity contribution is 5.31. The number of nitrogens with two attached hydrogens (primary N) is 1. The van der Waals surface area contributed by atoms with Crippen molar-refractivity contribution in [1.82, 2.24) is 5.32 Å². The van der Waals surface area contributed by atoms with Crippen molar-refractivity contribution < 1.29 is 9.13 Å². The second kappa shape index (κ2) is 6.87. The third-order valence-corrected chi connectivity index (χ3v) is 3.73. The van der Waals surface area contributed by atoms with Gasteiger partial charge in [0.15, 0.2) is 11.6 Å². The van der Waals surface area contributed by atoms with Crippen molar-refractivity contribution >= 4 is 0 Å². The van der Waals surface area contributed by atoms with Crippen LogP contribution in [0, 0.1) is 11.7 Å². The quantitative estimate of drug-likeness (QED) is 0.861.